The number of benzene rings is 1. The molecule has 0 bridgehead atoms. The zero-order valence-corrected chi connectivity index (χ0v) is 15.2. The molecule has 1 aromatic carbocycles. The van der Waals surface area contributed by atoms with E-state index in [1.807, 2.05) is 24.0 Å². The highest BCUT2D eigenvalue weighted by atomic mass is 32.1. The fourth-order valence-corrected chi connectivity index (χ4v) is 4.19. The van der Waals surface area contributed by atoms with Gasteiger partial charge in [-0.15, -0.1) is 11.3 Å². The van der Waals surface area contributed by atoms with E-state index in [0.29, 0.717) is 5.01 Å². The van der Waals surface area contributed by atoms with Crippen molar-refractivity contribution in [2.75, 3.05) is 31.1 Å². The Balaban J connectivity index is 1.40. The van der Waals surface area contributed by atoms with Crippen molar-refractivity contribution in [3.05, 3.63) is 53.3 Å². The summed E-state index contributed by atoms with van der Waals surface area (Å²) in [5, 5.41) is 0.391. The van der Waals surface area contributed by atoms with Crippen LogP contribution in [0.15, 0.2) is 36.8 Å². The van der Waals surface area contributed by atoms with Crippen LogP contribution in [-0.2, 0) is 13.6 Å². The van der Waals surface area contributed by atoms with Crippen LogP contribution in [0.3, 0.4) is 0 Å². The summed E-state index contributed by atoms with van der Waals surface area (Å²) < 4.78 is 29.9. The van der Waals surface area contributed by atoms with Crippen LogP contribution in [0.1, 0.15) is 4.88 Å². The topological polar surface area (TPSA) is 37.2 Å². The van der Waals surface area contributed by atoms with Gasteiger partial charge in [0.25, 0.3) is 0 Å². The number of imidazole rings is 1. The summed E-state index contributed by atoms with van der Waals surface area (Å²) >= 11 is 1.35. The molecule has 0 unspecified atom stereocenters. The average molecular weight is 375 g/mol. The summed E-state index contributed by atoms with van der Waals surface area (Å²) in [5.74, 6) is -0.163. The molecule has 0 N–H and O–H groups in total. The molecule has 3 aromatic rings. The number of hydrogen-bond acceptors (Lipinski definition) is 5. The first-order valence-corrected chi connectivity index (χ1v) is 9.27. The molecule has 136 valence electrons. The molecule has 2 aromatic heterocycles. The van der Waals surface area contributed by atoms with E-state index in [2.05, 4.69) is 19.8 Å². The molecule has 1 fully saturated rings. The van der Waals surface area contributed by atoms with E-state index in [9.17, 15) is 8.78 Å². The van der Waals surface area contributed by atoms with E-state index in [0.717, 1.165) is 43.5 Å². The minimum atomic E-state index is -0.574. The van der Waals surface area contributed by atoms with Crippen molar-refractivity contribution in [2.24, 2.45) is 7.05 Å². The van der Waals surface area contributed by atoms with Gasteiger partial charge in [-0.3, -0.25) is 4.90 Å². The number of hydrogen-bond donors (Lipinski definition) is 0. The Morgan fingerprint density at radius 1 is 1.08 bits per heavy atom. The summed E-state index contributed by atoms with van der Waals surface area (Å²) in [6, 6.07) is 3.89. The van der Waals surface area contributed by atoms with Crippen LogP contribution in [0.5, 0.6) is 0 Å². The predicted molar refractivity (Wildman–Crippen MR) is 98.2 cm³/mol. The third-order valence-electron chi connectivity index (χ3n) is 4.56. The van der Waals surface area contributed by atoms with E-state index >= 15 is 0 Å². The summed E-state index contributed by atoms with van der Waals surface area (Å²) in [6.45, 7) is 4.36. The maximum absolute atomic E-state index is 13.9. The molecule has 0 atom stereocenters. The first-order valence-electron chi connectivity index (χ1n) is 8.45. The lowest BCUT2D eigenvalue weighted by Crippen LogP contribution is -2.46. The third kappa shape index (κ3) is 3.34. The Morgan fingerprint density at radius 2 is 1.81 bits per heavy atom. The molecule has 1 aliphatic rings. The molecule has 0 saturated carbocycles. The van der Waals surface area contributed by atoms with Gasteiger partial charge in [-0.05, 0) is 12.1 Å². The molecular weight excluding hydrogens is 356 g/mol. The molecule has 1 saturated heterocycles. The molecular formula is C18H19F2N5S. The van der Waals surface area contributed by atoms with Crippen molar-refractivity contribution < 1.29 is 8.78 Å². The second-order valence-corrected chi connectivity index (χ2v) is 7.44. The van der Waals surface area contributed by atoms with Gasteiger partial charge >= 0.3 is 0 Å². The lowest BCUT2D eigenvalue weighted by molar-refractivity contribution is 0.250. The molecule has 8 heteroatoms. The molecule has 0 spiro atoms. The summed E-state index contributed by atoms with van der Waals surface area (Å²) in [4.78, 5) is 14.2. The number of nitrogens with zero attached hydrogens (tertiary/aromatic N) is 5. The average Bonchev–Trinajstić information content (AvgIpc) is 3.25. The minimum absolute atomic E-state index is 0.0386. The fourth-order valence-electron chi connectivity index (χ4n) is 3.19. The number of aromatic nitrogens is 3. The number of piperazine rings is 1. The number of anilines is 1. The summed E-state index contributed by atoms with van der Waals surface area (Å²) in [7, 11) is 2.00. The molecule has 26 heavy (non-hydrogen) atoms. The van der Waals surface area contributed by atoms with Crippen molar-refractivity contribution in [2.45, 2.75) is 6.54 Å². The van der Waals surface area contributed by atoms with Gasteiger partial charge in [-0.2, -0.15) is 0 Å². The van der Waals surface area contributed by atoms with Gasteiger partial charge in [0.2, 0.25) is 5.95 Å². The maximum atomic E-state index is 13.9. The van der Waals surface area contributed by atoms with E-state index < -0.39 is 11.6 Å². The lowest BCUT2D eigenvalue weighted by atomic mass is 10.2. The first-order chi connectivity index (χ1) is 12.6. The van der Waals surface area contributed by atoms with E-state index in [4.69, 9.17) is 0 Å². The summed E-state index contributed by atoms with van der Waals surface area (Å²) in [6.07, 6.45) is 5.47. The summed E-state index contributed by atoms with van der Waals surface area (Å²) in [5.41, 5.74) is -0.0386. The third-order valence-corrected chi connectivity index (χ3v) is 5.56. The quantitative estimate of drug-likeness (QED) is 0.702. The molecule has 3 heterocycles. The predicted octanol–water partition coefficient (Wildman–Crippen LogP) is 3.14. The van der Waals surface area contributed by atoms with Gasteiger partial charge in [-0.25, -0.2) is 18.7 Å². The van der Waals surface area contributed by atoms with Crippen molar-refractivity contribution in [1.29, 1.82) is 0 Å². The van der Waals surface area contributed by atoms with Crippen LogP contribution in [0.2, 0.25) is 0 Å². The largest absolute Gasteiger partial charge is 0.340 e. The fraction of sp³-hybridized carbons (Fsp3) is 0.333. The van der Waals surface area contributed by atoms with Crippen molar-refractivity contribution in [1.82, 2.24) is 19.4 Å². The van der Waals surface area contributed by atoms with Crippen LogP contribution in [0, 0.1) is 11.6 Å². The Bertz CT molecular complexity index is 878. The molecule has 5 nitrogen and oxygen atoms in total. The Kier molecular flexibility index (Phi) is 4.69. The molecule has 0 radical (unpaired) electrons. The highest BCUT2D eigenvalue weighted by Gasteiger charge is 2.21. The van der Waals surface area contributed by atoms with Crippen molar-refractivity contribution in [3.8, 4) is 10.6 Å². The number of thiazole rings is 1. The van der Waals surface area contributed by atoms with Crippen LogP contribution >= 0.6 is 11.3 Å². The monoisotopic (exact) mass is 375 g/mol. The highest BCUT2D eigenvalue weighted by Crippen LogP contribution is 2.30. The Hall–Kier alpha value is -2.32. The standard InChI is InChI=1S/C18H19F2N5S/c1-23-6-5-21-18(23)25-9-7-24(8-10-25)12-13-11-22-17(26-13)16-14(19)3-2-4-15(16)20/h2-6,11H,7-10,12H2,1H3. The first kappa shape index (κ1) is 17.1. The normalized spacial score (nSPS) is 15.6. The number of halogens is 2. The molecule has 1 aliphatic heterocycles. The smallest absolute Gasteiger partial charge is 0.205 e. The van der Waals surface area contributed by atoms with E-state index in [-0.39, 0.29) is 5.56 Å². The van der Waals surface area contributed by atoms with E-state index in [1.165, 1.54) is 29.5 Å². The van der Waals surface area contributed by atoms with Gasteiger partial charge in [0.05, 0.1) is 5.56 Å². The van der Waals surface area contributed by atoms with Crippen molar-refractivity contribution >= 4 is 17.3 Å². The Labute approximate surface area is 154 Å². The molecule has 4 rings (SSSR count). The minimum Gasteiger partial charge on any atom is -0.340 e. The SMILES string of the molecule is Cn1ccnc1N1CCN(Cc2cnc(-c3c(F)cccc3F)s2)CC1. The highest BCUT2D eigenvalue weighted by molar-refractivity contribution is 7.15. The second-order valence-electron chi connectivity index (χ2n) is 6.33. The van der Waals surface area contributed by atoms with Crippen LogP contribution < -0.4 is 4.90 Å². The number of aryl methyl sites for hydroxylation is 1. The maximum Gasteiger partial charge on any atom is 0.205 e. The van der Waals surface area contributed by atoms with Crippen LogP contribution in [0.25, 0.3) is 10.6 Å². The second kappa shape index (κ2) is 7.13. The molecule has 0 aliphatic carbocycles. The van der Waals surface area contributed by atoms with Crippen molar-refractivity contribution in [3.63, 3.8) is 0 Å². The van der Waals surface area contributed by atoms with Gasteiger partial charge in [0, 0.05) is 63.2 Å². The van der Waals surface area contributed by atoms with E-state index in [1.54, 1.807) is 6.20 Å². The zero-order valence-electron chi connectivity index (χ0n) is 14.4. The Morgan fingerprint density at radius 3 is 2.46 bits per heavy atom. The number of rotatable bonds is 4. The lowest BCUT2D eigenvalue weighted by Gasteiger charge is -2.34. The van der Waals surface area contributed by atoms with Gasteiger partial charge in [0.1, 0.15) is 16.6 Å². The van der Waals surface area contributed by atoms with Gasteiger partial charge < -0.3 is 9.47 Å². The van der Waals surface area contributed by atoms with Gasteiger partial charge in [-0.1, -0.05) is 6.07 Å². The van der Waals surface area contributed by atoms with Crippen LogP contribution in [0.4, 0.5) is 14.7 Å². The van der Waals surface area contributed by atoms with Gasteiger partial charge in [0.15, 0.2) is 0 Å². The molecule has 0 amide bonds. The zero-order chi connectivity index (χ0) is 18.1. The van der Waals surface area contributed by atoms with Crippen LogP contribution in [-0.4, -0.2) is 45.6 Å².